The van der Waals surface area contributed by atoms with E-state index in [1.807, 2.05) is 13.8 Å². The second kappa shape index (κ2) is 12.0. The molecule has 2 aliphatic carbocycles. The Labute approximate surface area is 241 Å². The van der Waals surface area contributed by atoms with E-state index in [-0.39, 0.29) is 61.9 Å². The van der Waals surface area contributed by atoms with Gasteiger partial charge in [-0.25, -0.2) is 27.1 Å². The predicted molar refractivity (Wildman–Crippen MR) is 146 cm³/mol. The average molecular weight is 592 g/mol. The van der Waals surface area contributed by atoms with Gasteiger partial charge in [-0.15, -0.1) is 0 Å². The molecule has 2 aliphatic rings. The molecule has 3 heterocycles. The summed E-state index contributed by atoms with van der Waals surface area (Å²) in [4.78, 5) is 30.7. The second-order valence-electron chi connectivity index (χ2n) is 12.1. The Morgan fingerprint density at radius 2 is 1.71 bits per heavy atom. The summed E-state index contributed by atoms with van der Waals surface area (Å²) in [6, 6.07) is 2.34. The third-order valence-corrected chi connectivity index (χ3v) is 8.30. The normalized spacial score (nSPS) is 19.6. The number of amides is 2. The van der Waals surface area contributed by atoms with Crippen LogP contribution in [-0.4, -0.2) is 48.5 Å². The van der Waals surface area contributed by atoms with Gasteiger partial charge in [0.25, 0.3) is 5.91 Å². The summed E-state index contributed by atoms with van der Waals surface area (Å²) in [5, 5.41) is 14.7. The van der Waals surface area contributed by atoms with Crippen molar-refractivity contribution in [3.8, 4) is 0 Å². The SMILES string of the molecule is CC(CC(=O)N[C@@H](c1cnn2cc([C@@H](NC(=O)c3ccnn3C(C)C)C3CCC(F)(F)CC3)nc2c1)C1CC1)C(F)F. The summed E-state index contributed by atoms with van der Waals surface area (Å²) >= 11 is 0. The summed E-state index contributed by atoms with van der Waals surface area (Å²) < 4.78 is 57.2. The topological polar surface area (TPSA) is 106 Å². The number of halogens is 4. The van der Waals surface area contributed by atoms with Gasteiger partial charge in [-0.1, -0.05) is 6.92 Å². The van der Waals surface area contributed by atoms with E-state index < -0.39 is 30.2 Å². The molecule has 0 aliphatic heterocycles. The van der Waals surface area contributed by atoms with E-state index in [9.17, 15) is 27.2 Å². The Hall–Kier alpha value is -3.51. The lowest BCUT2D eigenvalue weighted by Gasteiger charge is -2.33. The lowest BCUT2D eigenvalue weighted by Crippen LogP contribution is -2.38. The molecule has 5 rings (SSSR count). The van der Waals surface area contributed by atoms with Crippen LogP contribution in [0.15, 0.2) is 30.7 Å². The van der Waals surface area contributed by atoms with Gasteiger partial charge in [0.2, 0.25) is 18.3 Å². The molecule has 9 nitrogen and oxygen atoms in total. The lowest BCUT2D eigenvalue weighted by atomic mass is 9.81. The summed E-state index contributed by atoms with van der Waals surface area (Å²) in [5.41, 5.74) is 2.04. The molecular weight excluding hydrogens is 554 g/mol. The van der Waals surface area contributed by atoms with Crippen LogP contribution in [0, 0.1) is 17.8 Å². The molecule has 2 N–H and O–H groups in total. The first-order valence-corrected chi connectivity index (χ1v) is 14.6. The molecule has 3 aromatic heterocycles. The second-order valence-corrected chi connectivity index (χ2v) is 12.1. The number of carbonyl (C=O) groups is 2. The van der Waals surface area contributed by atoms with Crippen LogP contribution in [0.5, 0.6) is 0 Å². The Balaban J connectivity index is 1.41. The zero-order valence-electron chi connectivity index (χ0n) is 23.9. The van der Waals surface area contributed by atoms with Gasteiger partial charge < -0.3 is 10.6 Å². The number of alkyl halides is 4. The van der Waals surface area contributed by atoms with Crippen LogP contribution in [0.1, 0.15) is 106 Å². The third-order valence-electron chi connectivity index (χ3n) is 8.30. The highest BCUT2D eigenvalue weighted by atomic mass is 19.3. The maximum Gasteiger partial charge on any atom is 0.270 e. The highest BCUT2D eigenvalue weighted by Crippen LogP contribution is 2.43. The molecule has 3 atom stereocenters. The van der Waals surface area contributed by atoms with Gasteiger partial charge in [-0.3, -0.25) is 14.3 Å². The first-order chi connectivity index (χ1) is 19.9. The molecule has 3 aromatic rings. The first-order valence-electron chi connectivity index (χ1n) is 14.6. The Morgan fingerprint density at radius 1 is 1.02 bits per heavy atom. The Bertz CT molecular complexity index is 1410. The third kappa shape index (κ3) is 6.75. The fourth-order valence-corrected chi connectivity index (χ4v) is 5.70. The molecular formula is C29H37F4N7O2. The van der Waals surface area contributed by atoms with Crippen molar-refractivity contribution in [3.63, 3.8) is 0 Å². The van der Waals surface area contributed by atoms with E-state index in [0.29, 0.717) is 22.6 Å². The number of imidazole rings is 1. The fourth-order valence-electron chi connectivity index (χ4n) is 5.70. The number of rotatable bonds is 11. The summed E-state index contributed by atoms with van der Waals surface area (Å²) in [6.45, 7) is 5.16. The highest BCUT2D eigenvalue weighted by molar-refractivity contribution is 5.92. The standard InChI is InChI=1S/C29H37F4N7O2/c1-16(2)40-22(8-11-34-40)28(42)38-26(19-6-9-29(32,33)10-7-19)21-15-39-23(36-21)13-20(14-35-39)25(18-4-5-18)37-24(41)12-17(3)27(30)31/h8,11,13-19,25-27H,4-7,9-10,12H2,1-3H3,(H,37,41)(H,38,42)/t17?,25-,26+/m1/s1. The Kier molecular flexibility index (Phi) is 8.56. The van der Waals surface area contributed by atoms with Crippen molar-refractivity contribution in [2.24, 2.45) is 17.8 Å². The molecule has 228 valence electrons. The van der Waals surface area contributed by atoms with Crippen molar-refractivity contribution in [1.29, 1.82) is 0 Å². The molecule has 0 bridgehead atoms. The van der Waals surface area contributed by atoms with Gasteiger partial charge in [0, 0.05) is 37.4 Å². The molecule has 2 amide bonds. The minimum absolute atomic E-state index is 0.0520. The van der Waals surface area contributed by atoms with Crippen molar-refractivity contribution in [1.82, 2.24) is 35.0 Å². The van der Waals surface area contributed by atoms with Crippen LogP contribution in [0.2, 0.25) is 0 Å². The van der Waals surface area contributed by atoms with Gasteiger partial charge in [0.1, 0.15) is 5.69 Å². The molecule has 2 fully saturated rings. The monoisotopic (exact) mass is 591 g/mol. The van der Waals surface area contributed by atoms with Crippen molar-refractivity contribution < 1.29 is 27.2 Å². The smallest absolute Gasteiger partial charge is 0.270 e. The molecule has 13 heteroatoms. The van der Waals surface area contributed by atoms with Crippen molar-refractivity contribution in [3.05, 3.63) is 47.7 Å². The zero-order chi connectivity index (χ0) is 30.2. The van der Waals surface area contributed by atoms with Gasteiger partial charge in [-0.2, -0.15) is 10.2 Å². The number of carbonyl (C=O) groups excluding carboxylic acids is 2. The van der Waals surface area contributed by atoms with Crippen molar-refractivity contribution in [2.75, 3.05) is 0 Å². The molecule has 0 saturated heterocycles. The molecule has 42 heavy (non-hydrogen) atoms. The maximum atomic E-state index is 14.0. The maximum absolute atomic E-state index is 14.0. The van der Waals surface area contributed by atoms with Crippen LogP contribution < -0.4 is 10.6 Å². The van der Waals surface area contributed by atoms with E-state index in [1.54, 1.807) is 39.9 Å². The molecule has 1 unspecified atom stereocenters. The van der Waals surface area contributed by atoms with Gasteiger partial charge in [0.15, 0.2) is 5.65 Å². The quantitative estimate of drug-likeness (QED) is 0.280. The summed E-state index contributed by atoms with van der Waals surface area (Å²) in [5.74, 6) is -4.68. The van der Waals surface area contributed by atoms with Gasteiger partial charge in [-0.05, 0) is 69.1 Å². The van der Waals surface area contributed by atoms with E-state index >= 15 is 0 Å². The molecule has 0 spiro atoms. The van der Waals surface area contributed by atoms with E-state index in [2.05, 4.69) is 20.8 Å². The number of hydrogen-bond acceptors (Lipinski definition) is 5. The number of nitrogens with zero attached hydrogens (tertiary/aromatic N) is 5. The van der Waals surface area contributed by atoms with E-state index in [1.165, 1.54) is 6.92 Å². The number of fused-ring (bicyclic) bond motifs is 1. The van der Waals surface area contributed by atoms with Crippen LogP contribution in [0.3, 0.4) is 0 Å². The zero-order valence-corrected chi connectivity index (χ0v) is 23.9. The molecule has 2 saturated carbocycles. The summed E-state index contributed by atoms with van der Waals surface area (Å²) in [7, 11) is 0. The van der Waals surface area contributed by atoms with Crippen molar-refractivity contribution in [2.45, 2.75) is 96.2 Å². The van der Waals surface area contributed by atoms with Gasteiger partial charge in [0.05, 0.1) is 30.2 Å². The minimum Gasteiger partial charge on any atom is -0.349 e. The van der Waals surface area contributed by atoms with Gasteiger partial charge >= 0.3 is 0 Å². The van der Waals surface area contributed by atoms with Crippen LogP contribution in [0.4, 0.5) is 17.6 Å². The van der Waals surface area contributed by atoms with Crippen LogP contribution in [0.25, 0.3) is 5.65 Å². The van der Waals surface area contributed by atoms with Crippen LogP contribution >= 0.6 is 0 Å². The first kappa shape index (κ1) is 30.0. The fraction of sp³-hybridized carbons (Fsp3) is 0.621. The van der Waals surface area contributed by atoms with E-state index in [4.69, 9.17) is 4.98 Å². The minimum atomic E-state index is -2.73. The van der Waals surface area contributed by atoms with Crippen LogP contribution in [-0.2, 0) is 4.79 Å². The molecule has 0 radical (unpaired) electrons. The Morgan fingerprint density at radius 3 is 2.36 bits per heavy atom. The number of aromatic nitrogens is 5. The molecule has 0 aromatic carbocycles. The van der Waals surface area contributed by atoms with E-state index in [0.717, 1.165) is 12.8 Å². The average Bonchev–Trinajstić information content (AvgIpc) is 3.48. The number of nitrogens with one attached hydrogen (secondary N) is 2. The highest BCUT2D eigenvalue weighted by Gasteiger charge is 2.40. The predicted octanol–water partition coefficient (Wildman–Crippen LogP) is 5.66. The largest absolute Gasteiger partial charge is 0.349 e. The summed E-state index contributed by atoms with van der Waals surface area (Å²) in [6.07, 6.45) is 3.70. The lowest BCUT2D eigenvalue weighted by molar-refractivity contribution is -0.124. The number of hydrogen-bond donors (Lipinski definition) is 2. The van der Waals surface area contributed by atoms with Crippen molar-refractivity contribution >= 4 is 17.5 Å².